The van der Waals surface area contributed by atoms with Crippen molar-refractivity contribution in [3.63, 3.8) is 0 Å². The summed E-state index contributed by atoms with van der Waals surface area (Å²) in [6, 6.07) is 0. The van der Waals surface area contributed by atoms with Crippen LogP contribution in [0.4, 0.5) is 27.8 Å². The number of hydrogen-bond acceptors (Lipinski definition) is 4. The Morgan fingerprint density at radius 1 is 1.29 bits per heavy atom. The topological polar surface area (TPSA) is 88.0 Å². The average molecular weight is 436 g/mol. The Labute approximate surface area is 170 Å². The van der Waals surface area contributed by atoms with Gasteiger partial charge in [0.25, 0.3) is 0 Å². The number of benzene rings is 1. The second kappa shape index (κ2) is 6.46. The fraction of sp³-hybridized carbons (Fsp3) is 0.263. The number of halogens is 5. The summed E-state index contributed by atoms with van der Waals surface area (Å²) in [5.41, 5.74) is -1.46. The predicted molar refractivity (Wildman–Crippen MR) is 99.4 cm³/mol. The number of aromatic amines is 1. The highest BCUT2D eigenvalue weighted by Crippen LogP contribution is 2.42. The summed E-state index contributed by atoms with van der Waals surface area (Å²) in [7, 11) is 0. The van der Waals surface area contributed by atoms with E-state index in [2.05, 4.69) is 25.5 Å². The van der Waals surface area contributed by atoms with Crippen molar-refractivity contribution in [1.82, 2.24) is 24.6 Å². The number of aromatic nitrogens is 5. The van der Waals surface area contributed by atoms with Crippen LogP contribution in [0.25, 0.3) is 27.8 Å². The number of H-pyrrole nitrogens is 1. The molecule has 31 heavy (non-hydrogen) atoms. The van der Waals surface area contributed by atoms with E-state index in [1.807, 2.05) is 0 Å². The van der Waals surface area contributed by atoms with E-state index in [4.69, 9.17) is 0 Å². The van der Waals surface area contributed by atoms with Gasteiger partial charge in [-0.15, -0.1) is 0 Å². The standard InChI is InChI=1S/C19H13F5N6O/c1-7-14(9-3-26-29-17(9)15(16(7)21)19(22,23)24)11-5-30-6-12(27-13(30)4-25-11)28-18(31)8-2-10(8)20/h3-6,8,10H,2H2,1H3,(H,26,29)(H,28,31)/t8-,10+/m1/s1. The quantitative estimate of drug-likeness (QED) is 0.475. The summed E-state index contributed by atoms with van der Waals surface area (Å²) in [5.74, 6) is -2.41. The van der Waals surface area contributed by atoms with Crippen molar-refractivity contribution in [2.45, 2.75) is 25.7 Å². The molecular weight excluding hydrogens is 423 g/mol. The third-order valence-electron chi connectivity index (χ3n) is 5.26. The van der Waals surface area contributed by atoms with Gasteiger partial charge in [0.15, 0.2) is 11.5 Å². The van der Waals surface area contributed by atoms with E-state index in [-0.39, 0.29) is 34.4 Å². The second-order valence-corrected chi connectivity index (χ2v) is 7.36. The molecule has 0 unspecified atom stereocenters. The second-order valence-electron chi connectivity index (χ2n) is 7.36. The molecule has 1 amide bonds. The third kappa shape index (κ3) is 3.09. The summed E-state index contributed by atoms with van der Waals surface area (Å²) in [4.78, 5) is 20.3. The Bertz CT molecular complexity index is 1360. The summed E-state index contributed by atoms with van der Waals surface area (Å²) in [6.45, 7) is 1.24. The zero-order chi connectivity index (χ0) is 22.1. The highest BCUT2D eigenvalue weighted by atomic mass is 19.4. The van der Waals surface area contributed by atoms with Crippen LogP contribution < -0.4 is 5.32 Å². The van der Waals surface area contributed by atoms with Crippen LogP contribution in [-0.4, -0.2) is 36.6 Å². The predicted octanol–water partition coefficient (Wildman–Crippen LogP) is 4.04. The lowest BCUT2D eigenvalue weighted by Gasteiger charge is -2.15. The van der Waals surface area contributed by atoms with Crippen LogP contribution in [0.1, 0.15) is 17.5 Å². The molecule has 3 aromatic heterocycles. The SMILES string of the molecule is Cc1c(F)c(C(F)(F)F)c2[nH]ncc2c1-c1cn2cc(NC(=O)[C@@H]3C[C@@H]3F)nc2cn1. The molecule has 0 radical (unpaired) electrons. The number of amides is 1. The zero-order valence-electron chi connectivity index (χ0n) is 15.8. The maximum atomic E-state index is 14.7. The lowest BCUT2D eigenvalue weighted by molar-refractivity contribution is -0.138. The van der Waals surface area contributed by atoms with Crippen LogP contribution in [0, 0.1) is 18.7 Å². The van der Waals surface area contributed by atoms with Crippen LogP contribution in [0.15, 0.2) is 24.8 Å². The Balaban J connectivity index is 1.60. The van der Waals surface area contributed by atoms with Gasteiger partial charge in [0.1, 0.15) is 17.6 Å². The molecule has 1 aromatic carbocycles. The fourth-order valence-corrected chi connectivity index (χ4v) is 3.61. The Morgan fingerprint density at radius 2 is 2.03 bits per heavy atom. The third-order valence-corrected chi connectivity index (χ3v) is 5.26. The first kappa shape index (κ1) is 19.4. The lowest BCUT2D eigenvalue weighted by Crippen LogP contribution is -2.15. The molecule has 1 saturated carbocycles. The molecule has 1 aliphatic carbocycles. The summed E-state index contributed by atoms with van der Waals surface area (Å²) in [6.07, 6.45) is -0.468. The normalized spacial score (nSPS) is 18.6. The number of imidazole rings is 1. The van der Waals surface area contributed by atoms with Crippen molar-refractivity contribution in [1.29, 1.82) is 0 Å². The summed E-state index contributed by atoms with van der Waals surface area (Å²) < 4.78 is 69.5. The van der Waals surface area contributed by atoms with Gasteiger partial charge >= 0.3 is 6.18 Å². The van der Waals surface area contributed by atoms with Gasteiger partial charge in [-0.2, -0.15) is 18.3 Å². The van der Waals surface area contributed by atoms with Crippen molar-refractivity contribution in [2.75, 3.05) is 5.32 Å². The number of nitrogens with one attached hydrogen (secondary N) is 2. The number of rotatable bonds is 3. The van der Waals surface area contributed by atoms with E-state index in [1.54, 1.807) is 0 Å². The first-order chi connectivity index (χ1) is 14.6. The monoisotopic (exact) mass is 436 g/mol. The largest absolute Gasteiger partial charge is 0.421 e. The molecule has 2 atom stereocenters. The zero-order valence-corrected chi connectivity index (χ0v) is 15.8. The molecule has 1 aliphatic rings. The molecule has 0 spiro atoms. The van der Waals surface area contributed by atoms with E-state index < -0.39 is 41.1 Å². The van der Waals surface area contributed by atoms with Crippen LogP contribution in [-0.2, 0) is 11.0 Å². The number of hydrogen-bond donors (Lipinski definition) is 2. The van der Waals surface area contributed by atoms with Crippen molar-refractivity contribution >= 4 is 28.3 Å². The number of alkyl halides is 4. The first-order valence-electron chi connectivity index (χ1n) is 9.17. The molecule has 0 bridgehead atoms. The lowest BCUT2D eigenvalue weighted by atomic mass is 9.96. The minimum atomic E-state index is -4.91. The number of carbonyl (C=O) groups is 1. The summed E-state index contributed by atoms with van der Waals surface area (Å²) >= 11 is 0. The Hall–Kier alpha value is -3.57. The number of fused-ring (bicyclic) bond motifs is 2. The molecule has 3 heterocycles. The smallest absolute Gasteiger partial charge is 0.309 e. The molecular formula is C19H13F5N6O. The van der Waals surface area contributed by atoms with Gasteiger partial charge in [0, 0.05) is 17.1 Å². The van der Waals surface area contributed by atoms with Crippen LogP contribution in [0.2, 0.25) is 0 Å². The van der Waals surface area contributed by atoms with Gasteiger partial charge < -0.3 is 9.72 Å². The van der Waals surface area contributed by atoms with E-state index in [9.17, 15) is 26.7 Å². The van der Waals surface area contributed by atoms with Crippen molar-refractivity contribution in [3.05, 3.63) is 41.7 Å². The Morgan fingerprint density at radius 3 is 2.71 bits per heavy atom. The van der Waals surface area contributed by atoms with Crippen molar-refractivity contribution in [3.8, 4) is 11.3 Å². The number of carbonyl (C=O) groups excluding carboxylic acids is 1. The molecule has 2 N–H and O–H groups in total. The summed E-state index contributed by atoms with van der Waals surface area (Å²) in [5, 5.41) is 8.45. The minimum Gasteiger partial charge on any atom is -0.309 e. The van der Waals surface area contributed by atoms with Crippen LogP contribution in [0.3, 0.4) is 0 Å². The molecule has 160 valence electrons. The van der Waals surface area contributed by atoms with Gasteiger partial charge in [-0.25, -0.2) is 13.8 Å². The number of anilines is 1. The molecule has 12 heteroatoms. The van der Waals surface area contributed by atoms with E-state index in [1.165, 1.54) is 36.1 Å². The van der Waals surface area contributed by atoms with E-state index in [0.29, 0.717) is 5.65 Å². The van der Waals surface area contributed by atoms with Gasteiger partial charge in [0.2, 0.25) is 5.91 Å². The van der Waals surface area contributed by atoms with Crippen LogP contribution in [0.5, 0.6) is 0 Å². The maximum absolute atomic E-state index is 14.7. The van der Waals surface area contributed by atoms with Gasteiger partial charge in [-0.3, -0.25) is 14.9 Å². The van der Waals surface area contributed by atoms with Gasteiger partial charge in [-0.05, 0) is 18.9 Å². The maximum Gasteiger partial charge on any atom is 0.421 e. The van der Waals surface area contributed by atoms with Gasteiger partial charge in [-0.1, -0.05) is 0 Å². The molecule has 5 rings (SSSR count). The number of nitrogens with zero attached hydrogens (tertiary/aromatic N) is 4. The van der Waals surface area contributed by atoms with Crippen molar-refractivity contribution < 1.29 is 26.7 Å². The average Bonchev–Trinajstić information content (AvgIpc) is 3.07. The van der Waals surface area contributed by atoms with Gasteiger partial charge in [0.05, 0.1) is 35.7 Å². The molecule has 1 fully saturated rings. The van der Waals surface area contributed by atoms with E-state index >= 15 is 0 Å². The van der Waals surface area contributed by atoms with Crippen molar-refractivity contribution in [2.24, 2.45) is 5.92 Å². The minimum absolute atomic E-state index is 0.0643. The molecule has 0 aliphatic heterocycles. The van der Waals surface area contributed by atoms with Crippen LogP contribution >= 0.6 is 0 Å². The fourth-order valence-electron chi connectivity index (χ4n) is 3.61. The Kier molecular flexibility index (Phi) is 4.04. The highest BCUT2D eigenvalue weighted by molar-refractivity contribution is 5.97. The molecule has 4 aromatic rings. The van der Waals surface area contributed by atoms with E-state index in [0.717, 1.165) is 0 Å². The first-order valence-corrected chi connectivity index (χ1v) is 9.17. The molecule has 7 nitrogen and oxygen atoms in total. The molecule has 0 saturated heterocycles. The highest BCUT2D eigenvalue weighted by Gasteiger charge is 2.44.